The highest BCUT2D eigenvalue weighted by molar-refractivity contribution is 7.10. The molecule has 0 aliphatic carbocycles. The van der Waals surface area contributed by atoms with Crippen LogP contribution in [0, 0.1) is 6.92 Å². The van der Waals surface area contributed by atoms with Gasteiger partial charge in [-0.15, -0.1) is 11.3 Å². The Labute approximate surface area is 187 Å². The molecule has 4 aromatic rings. The number of aliphatic hydroxyl groups is 1. The number of amides is 2. The van der Waals surface area contributed by atoms with Gasteiger partial charge in [-0.3, -0.25) is 15.0 Å². The minimum atomic E-state index is -1.70. The van der Waals surface area contributed by atoms with Crippen LogP contribution in [-0.4, -0.2) is 37.1 Å². The zero-order valence-electron chi connectivity index (χ0n) is 17.3. The Morgan fingerprint density at radius 1 is 1.25 bits per heavy atom. The summed E-state index contributed by atoms with van der Waals surface area (Å²) in [6.07, 6.45) is -1.23. The van der Waals surface area contributed by atoms with E-state index in [0.29, 0.717) is 27.7 Å². The molecule has 32 heavy (non-hydrogen) atoms. The third kappa shape index (κ3) is 2.97. The maximum absolute atomic E-state index is 13.5. The van der Waals surface area contributed by atoms with Crippen molar-refractivity contribution in [3.8, 4) is 0 Å². The Bertz CT molecular complexity index is 1380. The van der Waals surface area contributed by atoms with Gasteiger partial charge in [0.2, 0.25) is 5.95 Å². The predicted molar refractivity (Wildman–Crippen MR) is 121 cm³/mol. The highest BCUT2D eigenvalue weighted by Crippen LogP contribution is 2.47. The number of aryl methyl sites for hydroxylation is 1. The van der Waals surface area contributed by atoms with Crippen molar-refractivity contribution >= 4 is 40.3 Å². The van der Waals surface area contributed by atoms with Gasteiger partial charge >= 0.3 is 6.09 Å². The lowest BCUT2D eigenvalue weighted by Gasteiger charge is -2.38. The normalized spacial score (nSPS) is 18.7. The van der Waals surface area contributed by atoms with Gasteiger partial charge in [-0.1, -0.05) is 24.3 Å². The molecule has 5 rings (SSSR count). The Morgan fingerprint density at radius 2 is 2.03 bits per heavy atom. The fourth-order valence-corrected chi connectivity index (χ4v) is 5.26. The van der Waals surface area contributed by atoms with E-state index in [1.54, 1.807) is 53.8 Å². The van der Waals surface area contributed by atoms with Crippen LogP contribution in [0.25, 0.3) is 11.0 Å². The van der Waals surface area contributed by atoms with Crippen molar-refractivity contribution in [2.45, 2.75) is 25.6 Å². The molecule has 2 amide bonds. The molecule has 162 valence electrons. The molecule has 0 saturated heterocycles. The summed E-state index contributed by atoms with van der Waals surface area (Å²) >= 11 is 1.55. The van der Waals surface area contributed by atoms with Crippen LogP contribution in [0.5, 0.6) is 0 Å². The van der Waals surface area contributed by atoms with Crippen LogP contribution >= 0.6 is 11.3 Å². The van der Waals surface area contributed by atoms with Gasteiger partial charge in [0.1, 0.15) is 0 Å². The van der Waals surface area contributed by atoms with Gasteiger partial charge in [-0.2, -0.15) is 0 Å². The summed E-state index contributed by atoms with van der Waals surface area (Å²) in [6.45, 7) is 3.90. The van der Waals surface area contributed by atoms with Crippen LogP contribution < -0.4 is 5.32 Å². The van der Waals surface area contributed by atoms with E-state index in [0.717, 1.165) is 10.4 Å². The lowest BCUT2D eigenvalue weighted by Crippen LogP contribution is -2.45. The Hall–Kier alpha value is -3.69. The van der Waals surface area contributed by atoms with Crippen LogP contribution in [0.3, 0.4) is 0 Å². The van der Waals surface area contributed by atoms with Gasteiger partial charge in [-0.25, -0.2) is 9.78 Å². The van der Waals surface area contributed by atoms with Crippen LogP contribution in [0.4, 0.5) is 10.7 Å². The molecular weight excluding hydrogens is 428 g/mol. The summed E-state index contributed by atoms with van der Waals surface area (Å²) < 4.78 is 0. The number of carbonyl (C=O) groups excluding carboxylic acids is 1. The number of carboxylic acid groups (broad SMARTS) is 1. The largest absolute Gasteiger partial charge is 0.465 e. The number of carbonyl (C=O) groups is 2. The number of nitrogens with one attached hydrogen (secondary N) is 2. The summed E-state index contributed by atoms with van der Waals surface area (Å²) in [4.78, 5) is 34.0. The van der Waals surface area contributed by atoms with Gasteiger partial charge < -0.3 is 15.2 Å². The van der Waals surface area contributed by atoms with Crippen LogP contribution in [0.2, 0.25) is 0 Å². The number of anilines is 1. The fourth-order valence-electron chi connectivity index (χ4n) is 4.32. The van der Waals surface area contributed by atoms with Crippen molar-refractivity contribution in [1.29, 1.82) is 0 Å². The Morgan fingerprint density at radius 3 is 2.75 bits per heavy atom. The summed E-state index contributed by atoms with van der Waals surface area (Å²) in [6, 6.07) is 13.8. The maximum atomic E-state index is 13.5. The predicted octanol–water partition coefficient (Wildman–Crippen LogP) is 4.43. The van der Waals surface area contributed by atoms with Crippen molar-refractivity contribution in [2.24, 2.45) is 0 Å². The van der Waals surface area contributed by atoms with E-state index in [2.05, 4.69) is 15.3 Å². The molecule has 0 saturated carbocycles. The van der Waals surface area contributed by atoms with Gasteiger partial charge in [0.05, 0.1) is 17.1 Å². The standard InChI is InChI=1S/C23H20N4O4S/c1-12-9-19(32-11-12)13(2)27-20(28)15-5-3-4-6-16(15)23(27,31)14-7-8-17-18(10-14)25-21(24-17)26-22(29)30/h3-11,13,31H,1-2H3,(H,29,30)(H2,24,25,26). The molecule has 0 fully saturated rings. The molecule has 3 heterocycles. The molecule has 2 aromatic carbocycles. The lowest BCUT2D eigenvalue weighted by atomic mass is 9.92. The molecule has 2 aromatic heterocycles. The number of benzene rings is 2. The first-order valence-corrected chi connectivity index (χ1v) is 10.9. The minimum absolute atomic E-state index is 0.0822. The van der Waals surface area contributed by atoms with Gasteiger partial charge in [0, 0.05) is 21.6 Å². The number of rotatable bonds is 4. The topological polar surface area (TPSA) is 119 Å². The molecular formula is C23H20N4O4S. The third-order valence-corrected chi connectivity index (χ3v) is 6.98. The van der Waals surface area contributed by atoms with Crippen molar-refractivity contribution in [3.63, 3.8) is 0 Å². The summed E-state index contributed by atoms with van der Waals surface area (Å²) in [5.74, 6) is -0.168. The van der Waals surface area contributed by atoms with Crippen molar-refractivity contribution < 1.29 is 19.8 Å². The van der Waals surface area contributed by atoms with Crippen LogP contribution in [0.1, 0.15) is 44.9 Å². The van der Waals surface area contributed by atoms with Crippen molar-refractivity contribution in [2.75, 3.05) is 5.32 Å². The number of aromatic amines is 1. The van der Waals surface area contributed by atoms with E-state index in [4.69, 9.17) is 5.11 Å². The van der Waals surface area contributed by atoms with E-state index in [1.807, 2.05) is 25.3 Å². The molecule has 9 heteroatoms. The quantitative estimate of drug-likeness (QED) is 0.368. The van der Waals surface area contributed by atoms with Crippen LogP contribution in [0.15, 0.2) is 53.9 Å². The van der Waals surface area contributed by atoms with E-state index in [9.17, 15) is 14.7 Å². The van der Waals surface area contributed by atoms with E-state index < -0.39 is 11.8 Å². The van der Waals surface area contributed by atoms with Crippen LogP contribution in [-0.2, 0) is 5.72 Å². The molecule has 2 atom stereocenters. The van der Waals surface area contributed by atoms with Crippen molar-refractivity contribution in [3.05, 3.63) is 81.0 Å². The first-order valence-electron chi connectivity index (χ1n) is 10.00. The second-order valence-corrected chi connectivity index (χ2v) is 8.79. The zero-order valence-corrected chi connectivity index (χ0v) is 18.1. The maximum Gasteiger partial charge on any atom is 0.411 e. The summed E-state index contributed by atoms with van der Waals surface area (Å²) in [5, 5.41) is 25.3. The molecule has 2 unspecified atom stereocenters. The number of aromatic nitrogens is 2. The van der Waals surface area contributed by atoms with E-state index in [1.165, 1.54) is 4.90 Å². The van der Waals surface area contributed by atoms with Gasteiger partial charge in [-0.05, 0) is 49.1 Å². The number of hydrogen-bond donors (Lipinski definition) is 4. The molecule has 1 aliphatic heterocycles. The monoisotopic (exact) mass is 448 g/mol. The SMILES string of the molecule is Cc1csc(C(C)N2C(=O)c3ccccc3C2(O)c2ccc3nc(NC(=O)O)[nH]c3c2)c1. The number of thiophene rings is 1. The number of hydrogen-bond acceptors (Lipinski definition) is 5. The average Bonchev–Trinajstić information content (AvgIpc) is 3.42. The van der Waals surface area contributed by atoms with E-state index in [-0.39, 0.29) is 17.9 Å². The fraction of sp³-hybridized carbons (Fsp3) is 0.174. The number of fused-ring (bicyclic) bond motifs is 2. The molecule has 0 spiro atoms. The highest BCUT2D eigenvalue weighted by Gasteiger charge is 2.52. The summed E-state index contributed by atoms with van der Waals surface area (Å²) in [5.41, 5.74) is 1.91. The number of imidazole rings is 1. The molecule has 1 aliphatic rings. The van der Waals surface area contributed by atoms with Gasteiger partial charge in [0.25, 0.3) is 5.91 Å². The molecule has 0 bridgehead atoms. The van der Waals surface area contributed by atoms with Gasteiger partial charge in [0.15, 0.2) is 5.72 Å². The number of nitrogens with zero attached hydrogens (tertiary/aromatic N) is 2. The highest BCUT2D eigenvalue weighted by atomic mass is 32.1. The smallest absolute Gasteiger partial charge is 0.411 e. The van der Waals surface area contributed by atoms with Crippen molar-refractivity contribution in [1.82, 2.24) is 14.9 Å². The molecule has 0 radical (unpaired) electrons. The minimum Gasteiger partial charge on any atom is -0.465 e. The summed E-state index contributed by atoms with van der Waals surface area (Å²) in [7, 11) is 0. The Kier molecular flexibility index (Phi) is 4.54. The lowest BCUT2D eigenvalue weighted by molar-refractivity contribution is -0.0671. The average molecular weight is 449 g/mol. The Balaban J connectivity index is 1.67. The second kappa shape index (κ2) is 7.18. The second-order valence-electron chi connectivity index (χ2n) is 7.84. The third-order valence-electron chi connectivity index (χ3n) is 5.76. The number of H-pyrrole nitrogens is 1. The zero-order chi connectivity index (χ0) is 22.6. The molecule has 4 N–H and O–H groups in total. The first-order chi connectivity index (χ1) is 15.3. The molecule has 8 nitrogen and oxygen atoms in total. The van der Waals surface area contributed by atoms with E-state index >= 15 is 0 Å². The first kappa shape index (κ1) is 20.2.